The topological polar surface area (TPSA) is 84.0 Å². The molecule has 2 amide bonds. The lowest BCUT2D eigenvalue weighted by Crippen LogP contribution is -2.46. The van der Waals surface area contributed by atoms with Crippen molar-refractivity contribution in [1.82, 2.24) is 14.8 Å². The molecule has 1 fully saturated rings. The number of hydrogen-bond acceptors (Lipinski definition) is 6. The van der Waals surface area contributed by atoms with Crippen molar-refractivity contribution in [3.8, 4) is 5.75 Å². The molecule has 1 aromatic heterocycles. The number of pyridine rings is 1. The van der Waals surface area contributed by atoms with Crippen LogP contribution in [-0.2, 0) is 16.1 Å². The number of carbonyl (C=O) groups is 2. The van der Waals surface area contributed by atoms with E-state index in [9.17, 15) is 9.59 Å². The average molecular weight is 481 g/mol. The highest BCUT2D eigenvalue weighted by molar-refractivity contribution is 5.99. The molecule has 1 saturated carbocycles. The van der Waals surface area contributed by atoms with E-state index in [0.29, 0.717) is 30.2 Å². The van der Waals surface area contributed by atoms with Gasteiger partial charge in [0.15, 0.2) is 0 Å². The van der Waals surface area contributed by atoms with Gasteiger partial charge < -0.3 is 19.7 Å². The highest BCUT2D eigenvalue weighted by atomic mass is 16.5. The molecule has 8 heteroatoms. The number of nitrogens with one attached hydrogen (secondary N) is 1. The van der Waals surface area contributed by atoms with E-state index in [1.807, 2.05) is 12.3 Å². The maximum absolute atomic E-state index is 13.3. The number of hydrogen-bond donors (Lipinski definition) is 1. The van der Waals surface area contributed by atoms with Gasteiger partial charge >= 0.3 is 0 Å². The van der Waals surface area contributed by atoms with E-state index in [1.165, 1.54) is 0 Å². The monoisotopic (exact) mass is 480 g/mol. The summed E-state index contributed by atoms with van der Waals surface area (Å²) in [7, 11) is 3.49. The molecule has 188 valence electrons. The first-order valence-corrected chi connectivity index (χ1v) is 12.3. The fourth-order valence-corrected chi connectivity index (χ4v) is 4.46. The molecule has 1 aromatic carbocycles. The van der Waals surface area contributed by atoms with E-state index in [1.54, 1.807) is 43.5 Å². The molecule has 2 aromatic rings. The number of fused-ring (bicyclic) bond motifs is 1. The van der Waals surface area contributed by atoms with Crippen LogP contribution in [0.3, 0.4) is 0 Å². The quantitative estimate of drug-likeness (QED) is 0.706. The van der Waals surface area contributed by atoms with Gasteiger partial charge in [-0.15, -0.1) is 0 Å². The fraction of sp³-hybridized carbons (Fsp3) is 0.519. The molecule has 0 unspecified atom stereocenters. The number of amides is 2. The van der Waals surface area contributed by atoms with Gasteiger partial charge in [0, 0.05) is 69.9 Å². The van der Waals surface area contributed by atoms with Crippen molar-refractivity contribution in [2.24, 2.45) is 11.8 Å². The Morgan fingerprint density at radius 3 is 2.71 bits per heavy atom. The SMILES string of the molecule is CO[C@@H]1CN(C)C(=O)c2ccc(NC(=O)C3CC3)cc2OC[C@@H](C)N(Cc2cccnc2)C[C@@H]1C. The number of aromatic nitrogens is 1. The normalized spacial score (nSPS) is 24.1. The molecule has 0 spiro atoms. The van der Waals surface area contributed by atoms with Crippen LogP contribution in [0, 0.1) is 11.8 Å². The summed E-state index contributed by atoms with van der Waals surface area (Å²) < 4.78 is 12.1. The third kappa shape index (κ3) is 6.38. The molecule has 35 heavy (non-hydrogen) atoms. The van der Waals surface area contributed by atoms with Crippen LogP contribution in [0.2, 0.25) is 0 Å². The molecule has 0 radical (unpaired) electrons. The first-order valence-electron chi connectivity index (χ1n) is 12.3. The second-order valence-corrected chi connectivity index (χ2v) is 9.86. The molecule has 3 atom stereocenters. The zero-order valence-electron chi connectivity index (χ0n) is 21.1. The third-order valence-electron chi connectivity index (χ3n) is 6.90. The average Bonchev–Trinajstić information content (AvgIpc) is 3.71. The smallest absolute Gasteiger partial charge is 0.257 e. The first-order chi connectivity index (χ1) is 16.9. The number of likely N-dealkylation sites (N-methyl/N-ethyl adjacent to an activating group) is 1. The van der Waals surface area contributed by atoms with Crippen molar-refractivity contribution in [3.63, 3.8) is 0 Å². The summed E-state index contributed by atoms with van der Waals surface area (Å²) in [6, 6.07) is 9.37. The first kappa shape index (κ1) is 25.1. The maximum atomic E-state index is 13.3. The van der Waals surface area contributed by atoms with E-state index < -0.39 is 0 Å². The van der Waals surface area contributed by atoms with Crippen molar-refractivity contribution in [2.75, 3.05) is 39.2 Å². The summed E-state index contributed by atoms with van der Waals surface area (Å²) in [6.45, 7) is 6.66. The Bertz CT molecular complexity index is 1030. The van der Waals surface area contributed by atoms with E-state index in [2.05, 4.69) is 35.1 Å². The minimum atomic E-state index is -0.130. The second-order valence-electron chi connectivity index (χ2n) is 9.86. The minimum Gasteiger partial charge on any atom is -0.491 e. The van der Waals surface area contributed by atoms with Crippen LogP contribution < -0.4 is 10.1 Å². The molecule has 2 heterocycles. The van der Waals surface area contributed by atoms with Gasteiger partial charge in [0.05, 0.1) is 11.7 Å². The summed E-state index contributed by atoms with van der Waals surface area (Å²) >= 11 is 0. The molecule has 1 aliphatic heterocycles. The van der Waals surface area contributed by atoms with Crippen molar-refractivity contribution in [2.45, 2.75) is 45.4 Å². The zero-order valence-corrected chi connectivity index (χ0v) is 21.1. The second kappa shape index (κ2) is 11.2. The van der Waals surface area contributed by atoms with Crippen LogP contribution in [0.25, 0.3) is 0 Å². The number of methoxy groups -OCH3 is 1. The Kier molecular flexibility index (Phi) is 8.03. The van der Waals surface area contributed by atoms with Gasteiger partial charge in [-0.1, -0.05) is 13.0 Å². The van der Waals surface area contributed by atoms with Crippen LogP contribution in [-0.4, -0.2) is 72.6 Å². The van der Waals surface area contributed by atoms with Crippen molar-refractivity contribution < 1.29 is 19.1 Å². The molecular formula is C27H36N4O4. The van der Waals surface area contributed by atoms with Crippen molar-refractivity contribution >= 4 is 17.5 Å². The zero-order chi connectivity index (χ0) is 24.9. The Morgan fingerprint density at radius 2 is 2.03 bits per heavy atom. The van der Waals surface area contributed by atoms with Crippen LogP contribution in [0.15, 0.2) is 42.7 Å². The maximum Gasteiger partial charge on any atom is 0.257 e. The fourth-order valence-electron chi connectivity index (χ4n) is 4.46. The summed E-state index contributed by atoms with van der Waals surface area (Å²) in [4.78, 5) is 33.9. The molecule has 4 rings (SSSR count). The van der Waals surface area contributed by atoms with Gasteiger partial charge in [0.1, 0.15) is 12.4 Å². The Balaban J connectivity index is 1.62. The summed E-state index contributed by atoms with van der Waals surface area (Å²) in [5, 5.41) is 2.96. The molecule has 1 aliphatic carbocycles. The van der Waals surface area contributed by atoms with Crippen LogP contribution in [0.5, 0.6) is 5.75 Å². The van der Waals surface area contributed by atoms with Crippen LogP contribution in [0.4, 0.5) is 5.69 Å². The van der Waals surface area contributed by atoms with Gasteiger partial charge in [0.25, 0.3) is 5.91 Å². The summed E-state index contributed by atoms with van der Waals surface area (Å²) in [5.41, 5.74) is 2.25. The molecule has 8 nitrogen and oxygen atoms in total. The Labute approximate surface area is 207 Å². The number of carbonyl (C=O) groups excluding carboxylic acids is 2. The van der Waals surface area contributed by atoms with Crippen molar-refractivity contribution in [3.05, 3.63) is 53.9 Å². The third-order valence-corrected chi connectivity index (χ3v) is 6.90. The number of benzene rings is 1. The predicted molar refractivity (Wildman–Crippen MR) is 134 cm³/mol. The molecule has 2 aliphatic rings. The van der Waals surface area contributed by atoms with E-state index >= 15 is 0 Å². The standard InChI is InChI=1S/C27H36N4O4/c1-18-14-31(15-20-6-5-11-28-13-20)19(2)17-35-24-12-22(29-26(32)21-7-8-21)9-10-23(24)27(33)30(3)16-25(18)34-4/h5-6,9-13,18-19,21,25H,7-8,14-17H2,1-4H3,(H,29,32)/t18-,19+,25+/m0/s1. The predicted octanol–water partition coefficient (Wildman–Crippen LogP) is 3.44. The minimum absolute atomic E-state index is 0.0227. The Hall–Kier alpha value is -2.97. The van der Waals surface area contributed by atoms with Crippen molar-refractivity contribution in [1.29, 1.82) is 0 Å². The molecule has 0 saturated heterocycles. The van der Waals surface area contributed by atoms with E-state index in [4.69, 9.17) is 9.47 Å². The molecule has 0 bridgehead atoms. The van der Waals surface area contributed by atoms with E-state index in [-0.39, 0.29) is 35.8 Å². The highest BCUT2D eigenvalue weighted by Crippen LogP contribution is 2.32. The number of rotatable bonds is 5. The highest BCUT2D eigenvalue weighted by Gasteiger charge is 2.31. The van der Waals surface area contributed by atoms with Gasteiger partial charge in [-0.25, -0.2) is 0 Å². The van der Waals surface area contributed by atoms with Crippen LogP contribution in [0.1, 0.15) is 42.6 Å². The number of anilines is 1. The molecule has 1 N–H and O–H groups in total. The Morgan fingerprint density at radius 1 is 1.23 bits per heavy atom. The van der Waals surface area contributed by atoms with Gasteiger partial charge in [-0.2, -0.15) is 0 Å². The number of nitrogens with zero attached hydrogens (tertiary/aromatic N) is 3. The lowest BCUT2D eigenvalue weighted by molar-refractivity contribution is -0.117. The largest absolute Gasteiger partial charge is 0.491 e. The van der Waals surface area contributed by atoms with Gasteiger partial charge in [0.2, 0.25) is 5.91 Å². The van der Waals surface area contributed by atoms with Crippen LogP contribution >= 0.6 is 0 Å². The summed E-state index contributed by atoms with van der Waals surface area (Å²) in [5.74, 6) is 0.655. The van der Waals surface area contributed by atoms with Gasteiger partial charge in [-0.05, 0) is 49.4 Å². The number of ether oxygens (including phenoxy) is 2. The van der Waals surface area contributed by atoms with E-state index in [0.717, 1.165) is 31.5 Å². The lowest BCUT2D eigenvalue weighted by atomic mass is 10.0. The summed E-state index contributed by atoms with van der Waals surface area (Å²) in [6.07, 6.45) is 5.41. The lowest BCUT2D eigenvalue weighted by Gasteiger charge is -2.36. The molecular weight excluding hydrogens is 444 g/mol. The van der Waals surface area contributed by atoms with Gasteiger partial charge in [-0.3, -0.25) is 19.5 Å².